The van der Waals surface area contributed by atoms with Gasteiger partial charge in [-0.15, -0.1) is 0 Å². The maximum absolute atomic E-state index is 12.2. The summed E-state index contributed by atoms with van der Waals surface area (Å²) in [4.78, 5) is 19.2. The van der Waals surface area contributed by atoms with Crippen molar-refractivity contribution >= 4 is 45.2 Å². The molecule has 0 bridgehead atoms. The van der Waals surface area contributed by atoms with Gasteiger partial charge in [-0.2, -0.15) is 0 Å². The van der Waals surface area contributed by atoms with Gasteiger partial charge in [0.05, 0.1) is 30.2 Å². The third-order valence-corrected chi connectivity index (χ3v) is 4.12. The molecule has 5 nitrogen and oxygen atoms in total. The first-order valence-electron chi connectivity index (χ1n) is 7.31. The van der Waals surface area contributed by atoms with E-state index in [4.69, 9.17) is 32.7 Å². The van der Waals surface area contributed by atoms with Crippen molar-refractivity contribution in [3.63, 3.8) is 0 Å². The Morgan fingerprint density at radius 1 is 1.12 bits per heavy atom. The van der Waals surface area contributed by atoms with Crippen LogP contribution in [0.1, 0.15) is 11.4 Å². The summed E-state index contributed by atoms with van der Waals surface area (Å²) in [5, 5.41) is 1.23. The molecule has 0 radical (unpaired) electrons. The summed E-state index contributed by atoms with van der Waals surface area (Å²) in [5.74, 6) is 1.45. The first-order chi connectivity index (χ1) is 12.0. The van der Waals surface area contributed by atoms with Crippen LogP contribution in [0.5, 0.6) is 11.5 Å². The van der Waals surface area contributed by atoms with E-state index in [1.54, 1.807) is 50.6 Å². The number of fused-ring (bicyclic) bond motifs is 1. The van der Waals surface area contributed by atoms with Gasteiger partial charge in [-0.3, -0.25) is 4.79 Å². The first kappa shape index (κ1) is 17.3. The van der Waals surface area contributed by atoms with Gasteiger partial charge in [-0.1, -0.05) is 29.3 Å². The third kappa shape index (κ3) is 3.62. The molecule has 0 spiro atoms. The van der Waals surface area contributed by atoms with Crippen molar-refractivity contribution in [1.29, 1.82) is 0 Å². The van der Waals surface area contributed by atoms with Gasteiger partial charge in [0.15, 0.2) is 17.3 Å². The summed E-state index contributed by atoms with van der Waals surface area (Å²) >= 11 is 12.3. The van der Waals surface area contributed by atoms with Crippen molar-refractivity contribution in [3.8, 4) is 11.5 Å². The predicted octanol–water partition coefficient (Wildman–Crippen LogP) is 4.33. The number of nitrogens with zero attached hydrogens (tertiary/aromatic N) is 1. The molecule has 0 saturated heterocycles. The molecular weight excluding hydrogens is 363 g/mol. The first-order valence-corrected chi connectivity index (χ1v) is 8.06. The maximum Gasteiger partial charge on any atom is 0.259 e. The van der Waals surface area contributed by atoms with Crippen LogP contribution < -0.4 is 15.0 Å². The standard InChI is InChI=1S/C18H14Cl2N2O3/c1-24-15-6-3-10(8-16(15)25-2)7-13(20)17-21-14-9-11(19)4-5-12(14)18(23)22-17/h3-9H,1-2H3,(H,21,22,23)/b13-7-. The lowest BCUT2D eigenvalue weighted by molar-refractivity contribution is 0.355. The van der Waals surface area contributed by atoms with E-state index in [0.29, 0.717) is 27.4 Å². The second-order valence-corrected chi connectivity index (χ2v) is 6.03. The summed E-state index contributed by atoms with van der Waals surface area (Å²) in [7, 11) is 3.12. The largest absolute Gasteiger partial charge is 0.493 e. The minimum Gasteiger partial charge on any atom is -0.493 e. The Labute approximate surface area is 153 Å². The molecule has 0 fully saturated rings. The molecule has 3 aromatic rings. The van der Waals surface area contributed by atoms with Crippen molar-refractivity contribution in [1.82, 2.24) is 9.97 Å². The predicted molar refractivity (Wildman–Crippen MR) is 101 cm³/mol. The number of methoxy groups -OCH3 is 2. The van der Waals surface area contributed by atoms with E-state index in [1.165, 1.54) is 0 Å². The van der Waals surface area contributed by atoms with Crippen LogP contribution in [0.4, 0.5) is 0 Å². The van der Waals surface area contributed by atoms with Gasteiger partial charge in [0.2, 0.25) is 0 Å². The fraction of sp³-hybridized carbons (Fsp3) is 0.111. The van der Waals surface area contributed by atoms with Crippen LogP contribution in [-0.2, 0) is 0 Å². The van der Waals surface area contributed by atoms with E-state index in [1.807, 2.05) is 6.07 Å². The smallest absolute Gasteiger partial charge is 0.259 e. The zero-order chi connectivity index (χ0) is 18.0. The molecule has 1 aromatic heterocycles. The number of ether oxygens (including phenoxy) is 2. The van der Waals surface area contributed by atoms with Crippen LogP contribution in [0, 0.1) is 0 Å². The van der Waals surface area contributed by atoms with E-state index in [-0.39, 0.29) is 16.4 Å². The minimum absolute atomic E-state index is 0.260. The van der Waals surface area contributed by atoms with Gasteiger partial charge >= 0.3 is 0 Å². The summed E-state index contributed by atoms with van der Waals surface area (Å²) in [6.45, 7) is 0. The lowest BCUT2D eigenvalue weighted by Crippen LogP contribution is -2.10. The zero-order valence-corrected chi connectivity index (χ0v) is 15.0. The van der Waals surface area contributed by atoms with Gasteiger partial charge in [0.1, 0.15) is 0 Å². The second-order valence-electron chi connectivity index (χ2n) is 5.18. The number of halogens is 2. The van der Waals surface area contributed by atoms with E-state index < -0.39 is 0 Å². The maximum atomic E-state index is 12.2. The quantitative estimate of drug-likeness (QED) is 0.735. The van der Waals surface area contributed by atoms with Gasteiger partial charge < -0.3 is 14.5 Å². The summed E-state index contributed by atoms with van der Waals surface area (Å²) in [6.07, 6.45) is 1.68. The molecule has 2 aromatic carbocycles. The van der Waals surface area contributed by atoms with Gasteiger partial charge in [0.25, 0.3) is 5.56 Å². The number of nitrogens with one attached hydrogen (secondary N) is 1. The summed E-state index contributed by atoms with van der Waals surface area (Å²) in [6, 6.07) is 10.2. The Balaban J connectivity index is 2.05. The van der Waals surface area contributed by atoms with E-state index in [0.717, 1.165) is 5.56 Å². The fourth-order valence-corrected chi connectivity index (χ4v) is 2.76. The molecule has 7 heteroatoms. The number of hydrogen-bond donors (Lipinski definition) is 1. The Morgan fingerprint density at radius 3 is 2.60 bits per heavy atom. The van der Waals surface area contributed by atoms with Crippen LogP contribution in [0.3, 0.4) is 0 Å². The average Bonchev–Trinajstić information content (AvgIpc) is 2.61. The molecule has 0 aliphatic heterocycles. The van der Waals surface area contributed by atoms with Crippen LogP contribution in [0.25, 0.3) is 22.0 Å². The van der Waals surface area contributed by atoms with E-state index in [9.17, 15) is 4.79 Å². The van der Waals surface area contributed by atoms with Crippen LogP contribution in [0.15, 0.2) is 41.2 Å². The molecule has 128 valence electrons. The Bertz CT molecular complexity index is 1030. The molecule has 3 rings (SSSR count). The second kappa shape index (κ2) is 7.17. The lowest BCUT2D eigenvalue weighted by Gasteiger charge is -2.08. The Hall–Kier alpha value is -2.50. The molecule has 0 saturated carbocycles. The van der Waals surface area contributed by atoms with Crippen molar-refractivity contribution in [3.05, 3.63) is 63.2 Å². The molecule has 0 amide bonds. The van der Waals surface area contributed by atoms with Gasteiger partial charge in [-0.25, -0.2) is 4.98 Å². The zero-order valence-electron chi connectivity index (χ0n) is 13.5. The Kier molecular flexibility index (Phi) is 4.97. The molecular formula is C18H14Cl2N2O3. The number of rotatable bonds is 4. The highest BCUT2D eigenvalue weighted by Gasteiger charge is 2.09. The highest BCUT2D eigenvalue weighted by Crippen LogP contribution is 2.29. The van der Waals surface area contributed by atoms with Crippen LogP contribution >= 0.6 is 23.2 Å². The highest BCUT2D eigenvalue weighted by molar-refractivity contribution is 6.50. The number of H-pyrrole nitrogens is 1. The fourth-order valence-electron chi connectivity index (χ4n) is 2.38. The molecule has 0 aliphatic rings. The molecule has 25 heavy (non-hydrogen) atoms. The summed E-state index contributed by atoms with van der Waals surface area (Å²) < 4.78 is 10.5. The molecule has 1 N–H and O–H groups in total. The van der Waals surface area contributed by atoms with Crippen LogP contribution in [-0.4, -0.2) is 24.2 Å². The summed E-state index contributed by atoms with van der Waals surface area (Å²) in [5.41, 5.74) is 0.970. The molecule has 1 heterocycles. The van der Waals surface area contributed by atoms with Gasteiger partial charge in [0, 0.05) is 5.02 Å². The third-order valence-electron chi connectivity index (χ3n) is 3.60. The number of hydrogen-bond acceptors (Lipinski definition) is 4. The van der Waals surface area contributed by atoms with Crippen molar-refractivity contribution < 1.29 is 9.47 Å². The van der Waals surface area contributed by atoms with Crippen LogP contribution in [0.2, 0.25) is 5.02 Å². The SMILES string of the molecule is COc1ccc(/C=C(\Cl)c2nc3cc(Cl)ccc3c(=O)[nH]2)cc1OC. The molecule has 0 aliphatic carbocycles. The average molecular weight is 377 g/mol. The number of benzene rings is 2. The van der Waals surface area contributed by atoms with E-state index >= 15 is 0 Å². The number of aromatic nitrogens is 2. The van der Waals surface area contributed by atoms with Gasteiger partial charge in [-0.05, 0) is 42.0 Å². The van der Waals surface area contributed by atoms with E-state index in [2.05, 4.69) is 9.97 Å². The molecule has 0 unspecified atom stereocenters. The normalized spacial score (nSPS) is 11.6. The minimum atomic E-state index is -0.282. The number of aromatic amines is 1. The topological polar surface area (TPSA) is 64.2 Å². The molecule has 0 atom stereocenters. The van der Waals surface area contributed by atoms with Crippen molar-refractivity contribution in [2.45, 2.75) is 0 Å². The lowest BCUT2D eigenvalue weighted by atomic mass is 10.2. The van der Waals surface area contributed by atoms with Crippen molar-refractivity contribution in [2.75, 3.05) is 14.2 Å². The monoisotopic (exact) mass is 376 g/mol. The highest BCUT2D eigenvalue weighted by atomic mass is 35.5. The van der Waals surface area contributed by atoms with Crippen molar-refractivity contribution in [2.24, 2.45) is 0 Å². The Morgan fingerprint density at radius 2 is 1.88 bits per heavy atom.